The third-order valence-corrected chi connectivity index (χ3v) is 4.08. The number of rotatable bonds is 3. The van der Waals surface area contributed by atoms with Crippen molar-refractivity contribution in [2.45, 2.75) is 0 Å². The summed E-state index contributed by atoms with van der Waals surface area (Å²) in [5.74, 6) is -0.283. The molecule has 20 heavy (non-hydrogen) atoms. The van der Waals surface area contributed by atoms with Crippen molar-refractivity contribution in [3.05, 3.63) is 67.2 Å². The molecule has 2 aromatic carbocycles. The van der Waals surface area contributed by atoms with Gasteiger partial charge in [-0.25, -0.2) is 5.43 Å². The van der Waals surface area contributed by atoms with Crippen molar-refractivity contribution < 1.29 is 4.79 Å². The summed E-state index contributed by atoms with van der Waals surface area (Å²) in [6, 6.07) is 12.4. The van der Waals surface area contributed by atoms with Gasteiger partial charge < -0.3 is 0 Å². The van der Waals surface area contributed by atoms with Crippen LogP contribution in [0.2, 0.25) is 10.0 Å². The van der Waals surface area contributed by atoms with Crippen LogP contribution in [0.25, 0.3) is 0 Å². The van der Waals surface area contributed by atoms with Crippen LogP contribution < -0.4 is 5.43 Å². The minimum atomic E-state index is -0.283. The zero-order valence-electron chi connectivity index (χ0n) is 10.1. The lowest BCUT2D eigenvalue weighted by Gasteiger charge is -2.03. The van der Waals surface area contributed by atoms with Crippen LogP contribution in [-0.4, -0.2) is 12.1 Å². The van der Waals surface area contributed by atoms with E-state index in [-0.39, 0.29) is 5.91 Å². The van der Waals surface area contributed by atoms with Crippen molar-refractivity contribution in [1.29, 1.82) is 0 Å². The number of hydrogen-bond acceptors (Lipinski definition) is 2. The van der Waals surface area contributed by atoms with Gasteiger partial charge in [-0.3, -0.25) is 4.79 Å². The maximum absolute atomic E-state index is 11.9. The normalized spacial score (nSPS) is 10.8. The molecule has 0 atom stereocenters. The summed E-state index contributed by atoms with van der Waals surface area (Å²) in [6.07, 6.45) is 1.43. The molecule has 0 bridgehead atoms. The van der Waals surface area contributed by atoms with Gasteiger partial charge in [0.25, 0.3) is 5.91 Å². The SMILES string of the molecule is O=C(N/N=C/c1c(Cl)cccc1Cl)c1ccccc1I. The summed E-state index contributed by atoms with van der Waals surface area (Å²) in [5.41, 5.74) is 3.58. The third kappa shape index (κ3) is 3.71. The Kier molecular flexibility index (Phi) is 5.39. The van der Waals surface area contributed by atoms with Crippen LogP contribution in [0.3, 0.4) is 0 Å². The molecular weight excluding hydrogens is 410 g/mol. The molecule has 3 nitrogen and oxygen atoms in total. The summed E-state index contributed by atoms with van der Waals surface area (Å²) < 4.78 is 0.855. The average Bonchev–Trinajstić information content (AvgIpc) is 2.42. The van der Waals surface area contributed by atoms with E-state index in [1.807, 2.05) is 12.1 Å². The Morgan fingerprint density at radius 1 is 1.10 bits per heavy atom. The molecule has 2 rings (SSSR count). The van der Waals surface area contributed by atoms with Gasteiger partial charge in [-0.15, -0.1) is 0 Å². The van der Waals surface area contributed by atoms with Gasteiger partial charge in [-0.2, -0.15) is 5.10 Å². The average molecular weight is 419 g/mol. The second-order valence-corrected chi connectivity index (χ2v) is 5.79. The predicted octanol–water partition coefficient (Wildman–Crippen LogP) is 4.36. The zero-order valence-corrected chi connectivity index (χ0v) is 13.8. The number of benzene rings is 2. The van der Waals surface area contributed by atoms with Gasteiger partial charge in [0, 0.05) is 9.13 Å². The van der Waals surface area contributed by atoms with Gasteiger partial charge >= 0.3 is 0 Å². The quantitative estimate of drug-likeness (QED) is 0.449. The van der Waals surface area contributed by atoms with Crippen molar-refractivity contribution in [3.8, 4) is 0 Å². The molecule has 0 radical (unpaired) electrons. The molecule has 2 aromatic rings. The summed E-state index contributed by atoms with van der Waals surface area (Å²) >= 11 is 14.1. The lowest BCUT2D eigenvalue weighted by Crippen LogP contribution is -2.18. The van der Waals surface area contributed by atoms with Crippen molar-refractivity contribution in [3.63, 3.8) is 0 Å². The molecule has 0 aliphatic heterocycles. The smallest absolute Gasteiger partial charge is 0.267 e. The Labute approximate surface area is 140 Å². The topological polar surface area (TPSA) is 41.5 Å². The second-order valence-electron chi connectivity index (χ2n) is 3.81. The van der Waals surface area contributed by atoms with Crippen LogP contribution in [0.5, 0.6) is 0 Å². The number of amides is 1. The lowest BCUT2D eigenvalue weighted by atomic mass is 10.2. The minimum absolute atomic E-state index is 0.283. The minimum Gasteiger partial charge on any atom is -0.267 e. The van der Waals surface area contributed by atoms with Crippen LogP contribution in [0.1, 0.15) is 15.9 Å². The van der Waals surface area contributed by atoms with E-state index in [1.165, 1.54) is 6.21 Å². The number of halogens is 3. The van der Waals surface area contributed by atoms with E-state index in [4.69, 9.17) is 23.2 Å². The third-order valence-electron chi connectivity index (χ3n) is 2.48. The van der Waals surface area contributed by atoms with Crippen molar-refractivity contribution in [1.82, 2.24) is 5.43 Å². The predicted molar refractivity (Wildman–Crippen MR) is 90.7 cm³/mol. The van der Waals surface area contributed by atoms with Gasteiger partial charge in [0.2, 0.25) is 0 Å². The van der Waals surface area contributed by atoms with Gasteiger partial charge in [0.15, 0.2) is 0 Å². The lowest BCUT2D eigenvalue weighted by molar-refractivity contribution is 0.0954. The fourth-order valence-electron chi connectivity index (χ4n) is 1.50. The Bertz CT molecular complexity index is 654. The fourth-order valence-corrected chi connectivity index (χ4v) is 2.62. The first-order valence-electron chi connectivity index (χ1n) is 5.61. The van der Waals surface area contributed by atoms with Crippen molar-refractivity contribution in [2.24, 2.45) is 5.10 Å². The Balaban J connectivity index is 2.11. The van der Waals surface area contributed by atoms with Crippen LogP contribution in [-0.2, 0) is 0 Å². The molecule has 6 heteroatoms. The maximum Gasteiger partial charge on any atom is 0.272 e. The molecule has 0 saturated carbocycles. The van der Waals surface area contributed by atoms with E-state index >= 15 is 0 Å². The van der Waals surface area contributed by atoms with E-state index in [0.717, 1.165) is 3.57 Å². The summed E-state index contributed by atoms with van der Waals surface area (Å²) in [5, 5.41) is 4.84. The van der Waals surface area contributed by atoms with E-state index in [9.17, 15) is 4.79 Å². The summed E-state index contributed by atoms with van der Waals surface area (Å²) in [7, 11) is 0. The molecule has 0 saturated heterocycles. The molecule has 0 aliphatic rings. The van der Waals surface area contributed by atoms with E-state index in [1.54, 1.807) is 30.3 Å². The van der Waals surface area contributed by atoms with Crippen LogP contribution in [0.15, 0.2) is 47.6 Å². The highest BCUT2D eigenvalue weighted by Gasteiger charge is 2.08. The molecule has 0 aromatic heterocycles. The van der Waals surface area contributed by atoms with Crippen LogP contribution >= 0.6 is 45.8 Å². The molecular formula is C14H9Cl2IN2O. The van der Waals surface area contributed by atoms with Crippen LogP contribution in [0, 0.1) is 3.57 Å². The number of nitrogens with zero attached hydrogens (tertiary/aromatic N) is 1. The largest absolute Gasteiger partial charge is 0.272 e. The highest BCUT2D eigenvalue weighted by molar-refractivity contribution is 14.1. The second kappa shape index (κ2) is 7.06. The van der Waals surface area contributed by atoms with Crippen molar-refractivity contribution in [2.75, 3.05) is 0 Å². The standard InChI is InChI=1S/C14H9Cl2IN2O/c15-11-5-3-6-12(16)10(11)8-18-19-14(20)9-4-1-2-7-13(9)17/h1-8H,(H,19,20)/b18-8+. The van der Waals surface area contributed by atoms with Gasteiger partial charge in [-0.05, 0) is 46.9 Å². The molecule has 0 fully saturated rings. The highest BCUT2D eigenvalue weighted by Crippen LogP contribution is 2.22. The Morgan fingerprint density at radius 3 is 2.40 bits per heavy atom. The number of nitrogens with one attached hydrogen (secondary N) is 1. The molecule has 0 unspecified atom stereocenters. The first kappa shape index (κ1) is 15.3. The van der Waals surface area contributed by atoms with E-state index in [0.29, 0.717) is 21.2 Å². The monoisotopic (exact) mass is 418 g/mol. The van der Waals surface area contributed by atoms with E-state index in [2.05, 4.69) is 33.1 Å². The van der Waals surface area contributed by atoms with Gasteiger partial charge in [0.1, 0.15) is 0 Å². The first-order chi connectivity index (χ1) is 9.59. The maximum atomic E-state index is 11.9. The summed E-state index contributed by atoms with van der Waals surface area (Å²) in [4.78, 5) is 11.9. The number of carbonyl (C=O) groups is 1. The first-order valence-corrected chi connectivity index (χ1v) is 7.45. The number of hydrogen-bond donors (Lipinski definition) is 1. The Morgan fingerprint density at radius 2 is 1.75 bits per heavy atom. The molecule has 1 N–H and O–H groups in total. The van der Waals surface area contributed by atoms with Crippen molar-refractivity contribution >= 4 is 57.9 Å². The van der Waals surface area contributed by atoms with Gasteiger partial charge in [0.05, 0.1) is 21.8 Å². The van der Waals surface area contributed by atoms with E-state index < -0.39 is 0 Å². The molecule has 1 amide bonds. The number of carbonyl (C=O) groups excluding carboxylic acids is 1. The molecule has 0 aliphatic carbocycles. The zero-order chi connectivity index (χ0) is 14.5. The summed E-state index contributed by atoms with van der Waals surface area (Å²) in [6.45, 7) is 0. The fraction of sp³-hybridized carbons (Fsp3) is 0. The molecule has 0 spiro atoms. The molecule has 102 valence electrons. The number of hydrazone groups is 1. The van der Waals surface area contributed by atoms with Crippen LogP contribution in [0.4, 0.5) is 0 Å². The van der Waals surface area contributed by atoms with Gasteiger partial charge in [-0.1, -0.05) is 41.4 Å². The molecule has 0 heterocycles. The highest BCUT2D eigenvalue weighted by atomic mass is 127. The Hall–Kier alpha value is -1.11.